The van der Waals surface area contributed by atoms with E-state index < -0.39 is 29.6 Å². The van der Waals surface area contributed by atoms with Gasteiger partial charge in [-0.25, -0.2) is 9.18 Å². The Bertz CT molecular complexity index is 1000. The predicted octanol–water partition coefficient (Wildman–Crippen LogP) is 4.47. The highest BCUT2D eigenvalue weighted by molar-refractivity contribution is 6.31. The van der Waals surface area contributed by atoms with E-state index in [4.69, 9.17) is 11.6 Å². The second-order valence-electron chi connectivity index (χ2n) is 5.27. The Morgan fingerprint density at radius 1 is 1.23 bits per heavy atom. The average Bonchev–Trinajstić information content (AvgIpc) is 2.86. The second kappa shape index (κ2) is 6.49. The van der Waals surface area contributed by atoms with Gasteiger partial charge in [-0.2, -0.15) is 5.10 Å². The Morgan fingerprint density at radius 3 is 2.58 bits per heavy atom. The number of hydrogen-bond acceptors (Lipinski definition) is 3. The first-order chi connectivity index (χ1) is 12.1. The molecule has 1 aromatic heterocycles. The Hall–Kier alpha value is -2.81. The molecule has 0 spiro atoms. The quantitative estimate of drug-likeness (QED) is 0.670. The molecular formula is C16H9ClF4N2O3. The molecule has 1 N–H and O–H groups in total. The van der Waals surface area contributed by atoms with Gasteiger partial charge in [0.25, 0.3) is 0 Å². The van der Waals surface area contributed by atoms with E-state index in [1.165, 1.54) is 22.9 Å². The molecule has 0 radical (unpaired) electrons. The minimum absolute atomic E-state index is 0.00235. The molecule has 5 nitrogen and oxygen atoms in total. The lowest BCUT2D eigenvalue weighted by Crippen LogP contribution is -2.17. The van der Waals surface area contributed by atoms with E-state index in [0.717, 1.165) is 18.2 Å². The van der Waals surface area contributed by atoms with Crippen molar-refractivity contribution in [1.29, 1.82) is 0 Å². The number of nitrogens with zero attached hydrogens (tertiary/aromatic N) is 2. The van der Waals surface area contributed by atoms with Gasteiger partial charge >= 0.3 is 12.3 Å². The van der Waals surface area contributed by atoms with Crippen LogP contribution in [0.2, 0.25) is 5.02 Å². The number of aromatic carboxylic acids is 1. The summed E-state index contributed by atoms with van der Waals surface area (Å²) < 4.78 is 55.3. The molecule has 136 valence electrons. The van der Waals surface area contributed by atoms with Crippen molar-refractivity contribution in [3.63, 3.8) is 0 Å². The zero-order valence-corrected chi connectivity index (χ0v) is 13.5. The van der Waals surface area contributed by atoms with Gasteiger partial charge in [-0.1, -0.05) is 17.7 Å². The number of fused-ring (bicyclic) bond motifs is 1. The van der Waals surface area contributed by atoms with Crippen LogP contribution in [-0.4, -0.2) is 27.2 Å². The number of halogens is 5. The van der Waals surface area contributed by atoms with Crippen LogP contribution in [0.25, 0.3) is 10.9 Å². The monoisotopic (exact) mass is 388 g/mol. The first-order valence-corrected chi connectivity index (χ1v) is 7.45. The number of ether oxygens (including phenoxy) is 1. The van der Waals surface area contributed by atoms with Gasteiger partial charge in [-0.3, -0.25) is 4.68 Å². The van der Waals surface area contributed by atoms with E-state index in [9.17, 15) is 27.5 Å². The number of carboxylic acids is 1. The standard InChI is InChI=1S/C16H9ClF4N2O3/c17-12-5-9(18)2-1-8(12)7-23-13-4-3-10(26-16(19,20)21)6-11(13)14(22-23)15(24)25/h1-6H,7H2,(H,24,25). The lowest BCUT2D eigenvalue weighted by Gasteiger charge is -2.09. The van der Waals surface area contributed by atoms with Crippen LogP contribution < -0.4 is 4.74 Å². The summed E-state index contributed by atoms with van der Waals surface area (Å²) in [5, 5.41) is 13.3. The Balaban J connectivity index is 2.07. The summed E-state index contributed by atoms with van der Waals surface area (Å²) in [6.07, 6.45) is -4.91. The van der Waals surface area contributed by atoms with Gasteiger partial charge in [0, 0.05) is 10.4 Å². The van der Waals surface area contributed by atoms with Crippen LogP contribution in [-0.2, 0) is 6.54 Å². The lowest BCUT2D eigenvalue weighted by atomic mass is 10.2. The van der Waals surface area contributed by atoms with Crippen LogP contribution in [0.15, 0.2) is 36.4 Å². The fourth-order valence-corrected chi connectivity index (χ4v) is 2.67. The summed E-state index contributed by atoms with van der Waals surface area (Å²) in [5.74, 6) is -2.51. The van der Waals surface area contributed by atoms with Gasteiger partial charge < -0.3 is 9.84 Å². The van der Waals surface area contributed by atoms with Crippen molar-refractivity contribution in [3.8, 4) is 5.75 Å². The smallest absolute Gasteiger partial charge is 0.476 e. The van der Waals surface area contributed by atoms with Crippen LogP contribution in [0.3, 0.4) is 0 Å². The van der Waals surface area contributed by atoms with Crippen molar-refractivity contribution < 1.29 is 32.2 Å². The summed E-state index contributed by atoms with van der Waals surface area (Å²) in [4.78, 5) is 11.4. The zero-order chi connectivity index (χ0) is 19.1. The third kappa shape index (κ3) is 3.72. The highest BCUT2D eigenvalue weighted by atomic mass is 35.5. The summed E-state index contributed by atoms with van der Waals surface area (Å²) in [5.41, 5.74) is 0.285. The number of aromatic nitrogens is 2. The molecule has 0 saturated heterocycles. The van der Waals surface area contributed by atoms with E-state index in [-0.39, 0.29) is 22.5 Å². The van der Waals surface area contributed by atoms with Gasteiger partial charge in [0.2, 0.25) is 0 Å². The lowest BCUT2D eigenvalue weighted by molar-refractivity contribution is -0.274. The first kappa shape index (κ1) is 18.0. The number of carboxylic acid groups (broad SMARTS) is 1. The Morgan fingerprint density at radius 2 is 1.96 bits per heavy atom. The summed E-state index contributed by atoms with van der Waals surface area (Å²) in [6.45, 7) is 0.00235. The van der Waals surface area contributed by atoms with Gasteiger partial charge in [-0.05, 0) is 35.9 Å². The molecule has 0 saturated carbocycles. The van der Waals surface area contributed by atoms with E-state index in [1.807, 2.05) is 0 Å². The number of benzene rings is 2. The maximum Gasteiger partial charge on any atom is 0.573 e. The normalized spacial score (nSPS) is 11.7. The van der Waals surface area contributed by atoms with E-state index in [2.05, 4.69) is 9.84 Å². The molecule has 3 aromatic rings. The predicted molar refractivity (Wildman–Crippen MR) is 83.9 cm³/mol. The molecule has 26 heavy (non-hydrogen) atoms. The number of rotatable bonds is 4. The fourth-order valence-electron chi connectivity index (χ4n) is 2.45. The molecule has 0 aliphatic carbocycles. The summed E-state index contributed by atoms with van der Waals surface area (Å²) >= 11 is 5.96. The van der Waals surface area contributed by atoms with Gasteiger partial charge in [0.15, 0.2) is 5.69 Å². The molecule has 10 heteroatoms. The molecule has 0 bridgehead atoms. The van der Waals surface area contributed by atoms with Gasteiger partial charge in [-0.15, -0.1) is 13.2 Å². The molecule has 0 unspecified atom stereocenters. The first-order valence-electron chi connectivity index (χ1n) is 7.07. The fraction of sp³-hybridized carbons (Fsp3) is 0.125. The van der Waals surface area contributed by atoms with Crippen molar-refractivity contribution in [2.24, 2.45) is 0 Å². The van der Waals surface area contributed by atoms with Crippen molar-refractivity contribution in [2.45, 2.75) is 12.9 Å². The van der Waals surface area contributed by atoms with Crippen LogP contribution in [0.4, 0.5) is 17.6 Å². The maximum absolute atomic E-state index is 13.1. The van der Waals surface area contributed by atoms with Crippen molar-refractivity contribution in [2.75, 3.05) is 0 Å². The van der Waals surface area contributed by atoms with Crippen LogP contribution >= 0.6 is 11.6 Å². The molecule has 0 atom stereocenters. The van der Waals surface area contributed by atoms with Crippen LogP contribution in [0, 0.1) is 5.82 Å². The van der Waals surface area contributed by atoms with E-state index >= 15 is 0 Å². The van der Waals surface area contributed by atoms with Gasteiger partial charge in [0.1, 0.15) is 11.6 Å². The zero-order valence-electron chi connectivity index (χ0n) is 12.7. The molecule has 1 heterocycles. The highest BCUT2D eigenvalue weighted by Gasteiger charge is 2.31. The largest absolute Gasteiger partial charge is 0.573 e. The molecule has 0 aliphatic rings. The summed E-state index contributed by atoms with van der Waals surface area (Å²) in [6, 6.07) is 6.93. The van der Waals surface area contributed by atoms with Crippen LogP contribution in [0.1, 0.15) is 16.1 Å². The molecule has 0 amide bonds. The minimum atomic E-state index is -4.91. The Labute approximate surface area is 148 Å². The summed E-state index contributed by atoms with van der Waals surface area (Å²) in [7, 11) is 0. The second-order valence-corrected chi connectivity index (χ2v) is 5.68. The van der Waals surface area contributed by atoms with E-state index in [1.54, 1.807) is 0 Å². The number of hydrogen-bond donors (Lipinski definition) is 1. The molecule has 3 rings (SSSR count). The molecule has 2 aromatic carbocycles. The Kier molecular flexibility index (Phi) is 4.49. The number of carbonyl (C=O) groups is 1. The average molecular weight is 389 g/mol. The third-order valence-corrected chi connectivity index (χ3v) is 3.85. The molecule has 0 fully saturated rings. The highest BCUT2D eigenvalue weighted by Crippen LogP contribution is 2.29. The van der Waals surface area contributed by atoms with Crippen molar-refractivity contribution >= 4 is 28.5 Å². The maximum atomic E-state index is 13.1. The van der Waals surface area contributed by atoms with Crippen molar-refractivity contribution in [1.82, 2.24) is 9.78 Å². The molecule has 0 aliphatic heterocycles. The minimum Gasteiger partial charge on any atom is -0.476 e. The topological polar surface area (TPSA) is 64.3 Å². The van der Waals surface area contributed by atoms with Gasteiger partial charge in [0.05, 0.1) is 12.1 Å². The van der Waals surface area contributed by atoms with Crippen LogP contribution in [0.5, 0.6) is 5.75 Å². The van der Waals surface area contributed by atoms with E-state index in [0.29, 0.717) is 5.56 Å². The SMILES string of the molecule is O=C(O)c1nn(Cc2ccc(F)cc2Cl)c2ccc(OC(F)(F)F)cc12. The van der Waals surface area contributed by atoms with Crippen molar-refractivity contribution in [3.05, 3.63) is 58.5 Å². The third-order valence-electron chi connectivity index (χ3n) is 3.49. The number of alkyl halides is 3. The molecular weight excluding hydrogens is 380 g/mol.